The Labute approximate surface area is 199 Å². The third kappa shape index (κ3) is 5.22. The Morgan fingerprint density at radius 1 is 1.12 bits per heavy atom. The number of carbonyl (C=O) groups excluding carboxylic acids is 1. The van der Waals surface area contributed by atoms with Gasteiger partial charge in [-0.2, -0.15) is 0 Å². The number of anilines is 3. The van der Waals surface area contributed by atoms with Gasteiger partial charge in [-0.25, -0.2) is 15.0 Å². The van der Waals surface area contributed by atoms with Crippen molar-refractivity contribution in [3.05, 3.63) is 36.4 Å². The molecule has 0 unspecified atom stereocenters. The lowest BCUT2D eigenvalue weighted by Crippen LogP contribution is -2.39. The van der Waals surface area contributed by atoms with E-state index in [4.69, 9.17) is 0 Å². The first-order valence-corrected chi connectivity index (χ1v) is 12.1. The smallest absolute Gasteiger partial charge is 0.287 e. The standard InChI is InChI=1S/C24H34N8O2/c1-3-4-5-8-13-25-24(33)23-29-20-21(31(23)2)26-16-27-22(20)32-14-11-17(12-15-32)28-18-9-6-7-10-19(18)30-34/h6-7,9-10,16-17,28,30,34H,3-5,8,11-15H2,1-2H3,(H,25,33). The molecule has 1 aliphatic heterocycles. The lowest BCUT2D eigenvalue weighted by atomic mass is 10.0. The fourth-order valence-electron chi connectivity index (χ4n) is 4.42. The summed E-state index contributed by atoms with van der Waals surface area (Å²) in [5, 5.41) is 15.8. The van der Waals surface area contributed by atoms with Crippen molar-refractivity contribution in [2.24, 2.45) is 7.05 Å². The Kier molecular flexibility index (Phi) is 7.79. The van der Waals surface area contributed by atoms with E-state index in [1.807, 2.05) is 31.3 Å². The van der Waals surface area contributed by atoms with E-state index < -0.39 is 0 Å². The van der Waals surface area contributed by atoms with Crippen molar-refractivity contribution < 1.29 is 10.0 Å². The molecule has 0 bridgehead atoms. The summed E-state index contributed by atoms with van der Waals surface area (Å²) in [6.07, 6.45) is 7.78. The van der Waals surface area contributed by atoms with Crippen molar-refractivity contribution in [2.45, 2.75) is 51.5 Å². The molecule has 10 nitrogen and oxygen atoms in total. The zero-order valence-electron chi connectivity index (χ0n) is 19.9. The van der Waals surface area contributed by atoms with Gasteiger partial charge in [0.2, 0.25) is 5.82 Å². The largest absolute Gasteiger partial charge is 0.380 e. The fourth-order valence-corrected chi connectivity index (χ4v) is 4.42. The van der Waals surface area contributed by atoms with E-state index in [0.717, 1.165) is 50.3 Å². The number of nitrogens with zero attached hydrogens (tertiary/aromatic N) is 5. The zero-order valence-corrected chi connectivity index (χ0v) is 19.9. The van der Waals surface area contributed by atoms with Crippen LogP contribution in [0.5, 0.6) is 0 Å². The van der Waals surface area contributed by atoms with Crippen LogP contribution in [0.1, 0.15) is 56.1 Å². The number of para-hydroxylation sites is 2. The Morgan fingerprint density at radius 2 is 1.88 bits per heavy atom. The van der Waals surface area contributed by atoms with Gasteiger partial charge in [-0.05, 0) is 31.4 Å². The lowest BCUT2D eigenvalue weighted by molar-refractivity contribution is 0.0940. The number of piperidine rings is 1. The molecule has 3 aromatic rings. The Bertz CT molecular complexity index is 1110. The highest BCUT2D eigenvalue weighted by molar-refractivity contribution is 5.96. The van der Waals surface area contributed by atoms with Crippen molar-refractivity contribution in [3.63, 3.8) is 0 Å². The zero-order chi connectivity index (χ0) is 23.9. The number of carbonyl (C=O) groups is 1. The fraction of sp³-hybridized carbons (Fsp3) is 0.500. The summed E-state index contributed by atoms with van der Waals surface area (Å²) < 4.78 is 1.75. The van der Waals surface area contributed by atoms with Crippen molar-refractivity contribution in [1.82, 2.24) is 24.8 Å². The van der Waals surface area contributed by atoms with E-state index >= 15 is 0 Å². The van der Waals surface area contributed by atoms with Crippen molar-refractivity contribution in [2.75, 3.05) is 35.3 Å². The molecule has 1 aromatic carbocycles. The maximum atomic E-state index is 12.7. The van der Waals surface area contributed by atoms with Gasteiger partial charge in [-0.1, -0.05) is 38.3 Å². The molecule has 0 atom stereocenters. The summed E-state index contributed by atoms with van der Waals surface area (Å²) in [7, 11) is 1.82. The Morgan fingerprint density at radius 3 is 2.62 bits per heavy atom. The first-order valence-electron chi connectivity index (χ1n) is 12.1. The number of rotatable bonds is 10. The van der Waals surface area contributed by atoms with Crippen molar-refractivity contribution >= 4 is 34.3 Å². The number of aryl methyl sites for hydroxylation is 1. The minimum Gasteiger partial charge on any atom is -0.380 e. The molecular formula is C24H34N8O2. The van der Waals surface area contributed by atoms with Crippen molar-refractivity contribution in [1.29, 1.82) is 0 Å². The second-order valence-corrected chi connectivity index (χ2v) is 8.74. The van der Waals surface area contributed by atoms with Crippen LogP contribution in [0.25, 0.3) is 11.2 Å². The summed E-state index contributed by atoms with van der Waals surface area (Å²) in [6.45, 7) is 4.42. The number of aromatic nitrogens is 4. The molecule has 3 heterocycles. The maximum absolute atomic E-state index is 12.7. The average Bonchev–Trinajstić information content (AvgIpc) is 3.21. The minimum absolute atomic E-state index is 0.179. The number of amides is 1. The SMILES string of the molecule is CCCCCCNC(=O)c1nc2c(N3CCC(Nc4ccccc4NO)CC3)ncnc2n1C. The predicted molar refractivity (Wildman–Crippen MR) is 133 cm³/mol. The third-order valence-corrected chi connectivity index (χ3v) is 6.36. The van der Waals surface area contributed by atoms with Crippen LogP contribution >= 0.6 is 0 Å². The highest BCUT2D eigenvalue weighted by atomic mass is 16.5. The number of hydrogen-bond acceptors (Lipinski definition) is 8. The second kappa shape index (κ2) is 11.1. The quantitative estimate of drug-likeness (QED) is 0.264. The molecule has 1 fully saturated rings. The van der Waals surface area contributed by atoms with Gasteiger partial charge in [0.05, 0.1) is 11.4 Å². The molecule has 0 spiro atoms. The van der Waals surface area contributed by atoms with Gasteiger partial charge >= 0.3 is 0 Å². The van der Waals surface area contributed by atoms with Crippen LogP contribution < -0.4 is 21.0 Å². The van der Waals surface area contributed by atoms with Crippen LogP contribution in [0.15, 0.2) is 30.6 Å². The Hall–Kier alpha value is -3.40. The van der Waals surface area contributed by atoms with Gasteiger partial charge in [0.15, 0.2) is 17.0 Å². The van der Waals surface area contributed by atoms with E-state index in [-0.39, 0.29) is 11.9 Å². The molecule has 0 radical (unpaired) electrons. The van der Waals surface area contributed by atoms with E-state index in [1.54, 1.807) is 10.9 Å². The van der Waals surface area contributed by atoms with Gasteiger partial charge in [0.1, 0.15) is 6.33 Å². The highest BCUT2D eigenvalue weighted by Crippen LogP contribution is 2.28. The van der Waals surface area contributed by atoms with Gasteiger partial charge in [0, 0.05) is 32.7 Å². The first-order chi connectivity index (χ1) is 16.6. The van der Waals surface area contributed by atoms with Crippen LogP contribution in [0.4, 0.5) is 17.2 Å². The molecule has 0 aliphatic carbocycles. The topological polar surface area (TPSA) is 120 Å². The van der Waals surface area contributed by atoms with Crippen LogP contribution in [0.3, 0.4) is 0 Å². The van der Waals surface area contributed by atoms with Crippen molar-refractivity contribution in [3.8, 4) is 0 Å². The number of imidazole rings is 1. The summed E-state index contributed by atoms with van der Waals surface area (Å²) in [6, 6.07) is 7.87. The molecule has 4 rings (SSSR count). The number of fused-ring (bicyclic) bond motifs is 1. The molecule has 1 aliphatic rings. The molecule has 34 heavy (non-hydrogen) atoms. The Balaban J connectivity index is 1.42. The normalized spacial score (nSPS) is 14.4. The van der Waals surface area contributed by atoms with Gasteiger partial charge < -0.3 is 20.1 Å². The molecule has 10 heteroatoms. The summed E-state index contributed by atoms with van der Waals surface area (Å²) in [4.78, 5) is 28.5. The molecular weight excluding hydrogens is 432 g/mol. The molecule has 1 saturated heterocycles. The molecule has 182 valence electrons. The van der Waals surface area contributed by atoms with Crippen LogP contribution in [-0.4, -0.2) is 56.3 Å². The summed E-state index contributed by atoms with van der Waals surface area (Å²) in [5.74, 6) is 0.942. The molecule has 4 N–H and O–H groups in total. The summed E-state index contributed by atoms with van der Waals surface area (Å²) >= 11 is 0. The molecule has 1 amide bonds. The van der Waals surface area contributed by atoms with Crippen LogP contribution in [0.2, 0.25) is 0 Å². The van der Waals surface area contributed by atoms with Gasteiger partial charge in [-0.3, -0.25) is 15.5 Å². The van der Waals surface area contributed by atoms with Gasteiger partial charge in [0.25, 0.3) is 5.91 Å². The monoisotopic (exact) mass is 466 g/mol. The maximum Gasteiger partial charge on any atom is 0.287 e. The average molecular weight is 467 g/mol. The third-order valence-electron chi connectivity index (χ3n) is 6.36. The lowest BCUT2D eigenvalue weighted by Gasteiger charge is -2.33. The molecule has 0 saturated carbocycles. The van der Waals surface area contributed by atoms with Gasteiger partial charge in [-0.15, -0.1) is 0 Å². The van der Waals surface area contributed by atoms with Crippen LogP contribution in [0, 0.1) is 0 Å². The summed E-state index contributed by atoms with van der Waals surface area (Å²) in [5.41, 5.74) is 5.09. The van der Waals surface area contributed by atoms with E-state index in [2.05, 4.69) is 42.9 Å². The van der Waals surface area contributed by atoms with E-state index in [9.17, 15) is 10.0 Å². The highest BCUT2D eigenvalue weighted by Gasteiger charge is 2.25. The predicted octanol–water partition coefficient (Wildman–Crippen LogP) is 3.56. The van der Waals surface area contributed by atoms with E-state index in [1.165, 1.54) is 12.8 Å². The minimum atomic E-state index is -0.179. The van der Waals surface area contributed by atoms with Crippen LogP contribution in [-0.2, 0) is 7.05 Å². The second-order valence-electron chi connectivity index (χ2n) is 8.74. The number of benzene rings is 1. The van der Waals surface area contributed by atoms with E-state index in [0.29, 0.717) is 29.2 Å². The number of unbranched alkanes of at least 4 members (excludes halogenated alkanes) is 3. The molecule has 2 aromatic heterocycles. The number of hydrogen-bond donors (Lipinski definition) is 4. The number of nitrogens with one attached hydrogen (secondary N) is 3. The first kappa shape index (κ1) is 23.7.